The smallest absolute Gasteiger partial charge is 0.239 e. The molecule has 0 spiro atoms. The first-order valence-corrected chi connectivity index (χ1v) is 9.55. The van der Waals surface area contributed by atoms with Crippen LogP contribution >= 0.6 is 0 Å². The van der Waals surface area contributed by atoms with Gasteiger partial charge >= 0.3 is 0 Å². The van der Waals surface area contributed by atoms with Crippen molar-refractivity contribution in [2.75, 3.05) is 25.1 Å². The average Bonchev–Trinajstić information content (AvgIpc) is 3.20. The molecule has 28 heavy (non-hydrogen) atoms. The van der Waals surface area contributed by atoms with Gasteiger partial charge in [-0.15, -0.1) is 10.2 Å². The molecule has 3 aromatic rings. The first-order valence-electron chi connectivity index (χ1n) is 9.55. The molecule has 0 aliphatic carbocycles. The van der Waals surface area contributed by atoms with E-state index in [4.69, 9.17) is 4.74 Å². The second-order valence-electron chi connectivity index (χ2n) is 7.55. The second-order valence-corrected chi connectivity index (χ2v) is 7.55. The Labute approximate surface area is 162 Å². The molecule has 0 radical (unpaired) electrons. The van der Waals surface area contributed by atoms with E-state index in [0.717, 1.165) is 48.1 Å². The zero-order valence-corrected chi connectivity index (χ0v) is 15.7. The Kier molecular flexibility index (Phi) is 4.29. The fourth-order valence-corrected chi connectivity index (χ4v) is 4.18. The highest BCUT2D eigenvalue weighted by Gasteiger charge is 2.38. The van der Waals surface area contributed by atoms with Gasteiger partial charge in [0, 0.05) is 36.3 Å². The number of amides is 1. The molecular weight excluding hydrogens is 356 g/mol. The molecule has 2 aromatic heterocycles. The molecule has 2 aliphatic rings. The molecule has 2 bridgehead atoms. The number of ether oxygens (including phenoxy) is 1. The first kappa shape index (κ1) is 17.3. The van der Waals surface area contributed by atoms with Gasteiger partial charge in [0.25, 0.3) is 0 Å². The normalized spacial score (nSPS) is 21.9. The van der Waals surface area contributed by atoms with Crippen LogP contribution in [0.3, 0.4) is 0 Å². The Balaban J connectivity index is 1.33. The standard InChI is InChI=1S/C20H22N6O2/c1-25-9-15(8-21-25)13-2-5-18-14(6-13)7-19(24-23-18)22-20(27)10-26-16-3-4-17(26)12-28-11-16/h2,5-9,16-17H,3-4,10-12H2,1H3,(H,22,24,27). The minimum Gasteiger partial charge on any atom is -0.378 e. The van der Waals surface area contributed by atoms with E-state index >= 15 is 0 Å². The number of carbonyl (C=O) groups excluding carboxylic acids is 1. The lowest BCUT2D eigenvalue weighted by Crippen LogP contribution is -2.48. The zero-order chi connectivity index (χ0) is 19.1. The molecule has 4 heterocycles. The number of anilines is 1. The average molecular weight is 378 g/mol. The van der Waals surface area contributed by atoms with Crippen molar-refractivity contribution in [2.45, 2.75) is 24.9 Å². The van der Waals surface area contributed by atoms with Crippen molar-refractivity contribution in [3.8, 4) is 11.1 Å². The second kappa shape index (κ2) is 6.96. The SMILES string of the molecule is Cn1cc(-c2ccc3nnc(NC(=O)CN4C5CCC4COC5)cc3c2)cn1. The summed E-state index contributed by atoms with van der Waals surface area (Å²) in [5, 5.41) is 16.5. The van der Waals surface area contributed by atoms with Gasteiger partial charge in [0.15, 0.2) is 5.82 Å². The van der Waals surface area contributed by atoms with Crippen molar-refractivity contribution in [2.24, 2.45) is 7.05 Å². The van der Waals surface area contributed by atoms with Crippen LogP contribution in [0.5, 0.6) is 0 Å². The van der Waals surface area contributed by atoms with Crippen LogP contribution in [0.2, 0.25) is 0 Å². The van der Waals surface area contributed by atoms with Gasteiger partial charge < -0.3 is 10.1 Å². The molecule has 0 saturated carbocycles. The van der Waals surface area contributed by atoms with E-state index in [1.165, 1.54) is 0 Å². The highest BCUT2D eigenvalue weighted by molar-refractivity contribution is 5.93. The van der Waals surface area contributed by atoms with E-state index in [-0.39, 0.29) is 5.91 Å². The maximum atomic E-state index is 12.6. The number of rotatable bonds is 4. The molecule has 1 aromatic carbocycles. The van der Waals surface area contributed by atoms with Gasteiger partial charge in [-0.3, -0.25) is 14.4 Å². The molecule has 1 amide bonds. The third kappa shape index (κ3) is 3.25. The molecule has 8 heteroatoms. The Morgan fingerprint density at radius 1 is 1.18 bits per heavy atom. The fraction of sp³-hybridized carbons (Fsp3) is 0.400. The number of hydrogen-bond acceptors (Lipinski definition) is 6. The summed E-state index contributed by atoms with van der Waals surface area (Å²) in [5.74, 6) is 0.414. The monoisotopic (exact) mass is 378 g/mol. The lowest BCUT2D eigenvalue weighted by atomic mass is 10.1. The highest BCUT2D eigenvalue weighted by Crippen LogP contribution is 2.28. The van der Waals surface area contributed by atoms with Crippen molar-refractivity contribution >= 4 is 22.6 Å². The molecule has 144 valence electrons. The molecular formula is C20H22N6O2. The summed E-state index contributed by atoms with van der Waals surface area (Å²) in [7, 11) is 1.89. The van der Waals surface area contributed by atoms with Gasteiger partial charge in [0.1, 0.15) is 0 Å². The molecule has 5 rings (SSSR count). The lowest BCUT2D eigenvalue weighted by molar-refractivity contribution is -0.120. The van der Waals surface area contributed by atoms with Crippen molar-refractivity contribution < 1.29 is 9.53 Å². The number of morpholine rings is 1. The van der Waals surface area contributed by atoms with Gasteiger partial charge in [0.2, 0.25) is 5.91 Å². The summed E-state index contributed by atoms with van der Waals surface area (Å²) in [5.41, 5.74) is 2.88. The first-order chi connectivity index (χ1) is 13.7. The topological polar surface area (TPSA) is 85.2 Å². The summed E-state index contributed by atoms with van der Waals surface area (Å²) in [6.45, 7) is 1.81. The van der Waals surface area contributed by atoms with Crippen LogP contribution in [-0.2, 0) is 16.6 Å². The zero-order valence-electron chi connectivity index (χ0n) is 15.7. The summed E-state index contributed by atoms with van der Waals surface area (Å²) in [6, 6.07) is 8.55. The number of aromatic nitrogens is 4. The lowest BCUT2D eigenvalue weighted by Gasteiger charge is -2.33. The van der Waals surface area contributed by atoms with Crippen LogP contribution < -0.4 is 5.32 Å². The summed E-state index contributed by atoms with van der Waals surface area (Å²) in [4.78, 5) is 14.8. The Morgan fingerprint density at radius 3 is 2.75 bits per heavy atom. The predicted molar refractivity (Wildman–Crippen MR) is 105 cm³/mol. The third-order valence-electron chi connectivity index (χ3n) is 5.61. The van der Waals surface area contributed by atoms with Gasteiger partial charge in [-0.25, -0.2) is 0 Å². The fourth-order valence-electron chi connectivity index (χ4n) is 4.18. The Hall–Kier alpha value is -2.84. The van der Waals surface area contributed by atoms with E-state index in [2.05, 4.69) is 25.5 Å². The van der Waals surface area contributed by atoms with Crippen LogP contribution in [0.4, 0.5) is 5.82 Å². The molecule has 8 nitrogen and oxygen atoms in total. The molecule has 2 aliphatic heterocycles. The largest absolute Gasteiger partial charge is 0.378 e. The summed E-state index contributed by atoms with van der Waals surface area (Å²) < 4.78 is 7.35. The van der Waals surface area contributed by atoms with Gasteiger partial charge in [-0.1, -0.05) is 6.07 Å². The quantitative estimate of drug-likeness (QED) is 0.746. The third-order valence-corrected chi connectivity index (χ3v) is 5.61. The van der Waals surface area contributed by atoms with Crippen molar-refractivity contribution in [1.82, 2.24) is 24.9 Å². The number of fused-ring (bicyclic) bond motifs is 3. The van der Waals surface area contributed by atoms with Gasteiger partial charge in [-0.05, 0) is 36.6 Å². The summed E-state index contributed by atoms with van der Waals surface area (Å²) in [6.07, 6.45) is 6.00. The number of nitrogens with zero attached hydrogens (tertiary/aromatic N) is 5. The van der Waals surface area contributed by atoms with Crippen LogP contribution in [0.15, 0.2) is 36.7 Å². The number of hydrogen-bond donors (Lipinski definition) is 1. The Bertz CT molecular complexity index is 1020. The highest BCUT2D eigenvalue weighted by atomic mass is 16.5. The van der Waals surface area contributed by atoms with Gasteiger partial charge in [0.05, 0.1) is 31.5 Å². The minimum absolute atomic E-state index is 0.0594. The number of aryl methyl sites for hydroxylation is 1. The van der Waals surface area contributed by atoms with Crippen LogP contribution in [-0.4, -0.2) is 62.6 Å². The van der Waals surface area contributed by atoms with E-state index in [9.17, 15) is 4.79 Å². The Morgan fingerprint density at radius 2 is 2.00 bits per heavy atom. The number of nitrogens with one attached hydrogen (secondary N) is 1. The van der Waals surface area contributed by atoms with Crippen molar-refractivity contribution in [1.29, 1.82) is 0 Å². The van der Waals surface area contributed by atoms with Gasteiger partial charge in [-0.2, -0.15) is 5.10 Å². The predicted octanol–water partition coefficient (Wildman–Crippen LogP) is 1.83. The van der Waals surface area contributed by atoms with Crippen molar-refractivity contribution in [3.63, 3.8) is 0 Å². The summed E-state index contributed by atoms with van der Waals surface area (Å²) >= 11 is 0. The molecule has 2 unspecified atom stereocenters. The van der Waals surface area contributed by atoms with Crippen LogP contribution in [0.1, 0.15) is 12.8 Å². The molecule has 2 atom stereocenters. The molecule has 2 fully saturated rings. The molecule has 2 saturated heterocycles. The van der Waals surface area contributed by atoms with Crippen LogP contribution in [0, 0.1) is 0 Å². The van der Waals surface area contributed by atoms with E-state index < -0.39 is 0 Å². The van der Waals surface area contributed by atoms with E-state index in [0.29, 0.717) is 24.4 Å². The maximum absolute atomic E-state index is 12.6. The van der Waals surface area contributed by atoms with E-state index in [1.807, 2.05) is 43.7 Å². The van der Waals surface area contributed by atoms with Crippen molar-refractivity contribution in [3.05, 3.63) is 36.7 Å². The minimum atomic E-state index is -0.0594. The maximum Gasteiger partial charge on any atom is 0.239 e. The number of carbonyl (C=O) groups is 1. The number of benzene rings is 1. The molecule has 1 N–H and O–H groups in total. The van der Waals surface area contributed by atoms with Crippen LogP contribution in [0.25, 0.3) is 22.0 Å². The van der Waals surface area contributed by atoms with E-state index in [1.54, 1.807) is 4.68 Å².